The summed E-state index contributed by atoms with van der Waals surface area (Å²) >= 11 is 0. The van der Waals surface area contributed by atoms with Gasteiger partial charge in [0.15, 0.2) is 11.6 Å². The second kappa shape index (κ2) is 11.0. The standard InChI is InChI=1S/C28H28FN3O4/c1-30-13-6-14-31-24-23(29)15-21-25(27(24)36-2)32(17-22(26(21)33)28(34)35)16-18-9-11-20(12-10-18)19-7-4-3-5-8-19/h3-5,7-12,15,17,30-31H,6,13-14,16H2,1-2H3,(H,34,35). The molecule has 0 unspecified atom stereocenters. The summed E-state index contributed by atoms with van der Waals surface area (Å²) in [6.45, 7) is 1.49. The highest BCUT2D eigenvalue weighted by Gasteiger charge is 2.22. The summed E-state index contributed by atoms with van der Waals surface area (Å²) in [5.41, 5.74) is 2.28. The summed E-state index contributed by atoms with van der Waals surface area (Å²) in [6.07, 6.45) is 2.04. The van der Waals surface area contributed by atoms with E-state index in [9.17, 15) is 14.7 Å². The molecule has 0 saturated heterocycles. The number of benzene rings is 3. The average Bonchev–Trinajstić information content (AvgIpc) is 2.89. The number of nitrogens with zero attached hydrogens (tertiary/aromatic N) is 1. The number of anilines is 1. The Morgan fingerprint density at radius 1 is 1.06 bits per heavy atom. The molecular weight excluding hydrogens is 461 g/mol. The van der Waals surface area contributed by atoms with E-state index in [1.165, 1.54) is 13.3 Å². The Kier molecular flexibility index (Phi) is 7.65. The van der Waals surface area contributed by atoms with Crippen molar-refractivity contribution in [1.82, 2.24) is 9.88 Å². The lowest BCUT2D eigenvalue weighted by Gasteiger charge is -2.19. The maximum atomic E-state index is 15.1. The maximum Gasteiger partial charge on any atom is 0.341 e. The predicted octanol–water partition coefficient (Wildman–Crippen LogP) is 4.58. The molecule has 4 aromatic rings. The minimum Gasteiger partial charge on any atom is -0.492 e. The molecule has 3 aromatic carbocycles. The number of nitrogens with one attached hydrogen (secondary N) is 2. The fourth-order valence-electron chi connectivity index (χ4n) is 4.25. The van der Waals surface area contributed by atoms with Crippen molar-refractivity contribution in [3.8, 4) is 16.9 Å². The minimum absolute atomic E-state index is 0.0501. The molecule has 0 amide bonds. The molecule has 1 heterocycles. The maximum absolute atomic E-state index is 15.1. The average molecular weight is 490 g/mol. The molecule has 0 aliphatic carbocycles. The van der Waals surface area contributed by atoms with Crippen molar-refractivity contribution in [2.24, 2.45) is 0 Å². The molecule has 7 nitrogen and oxygen atoms in total. The number of hydrogen-bond donors (Lipinski definition) is 3. The molecule has 1 aromatic heterocycles. The van der Waals surface area contributed by atoms with Crippen molar-refractivity contribution in [3.05, 3.63) is 94.0 Å². The van der Waals surface area contributed by atoms with Crippen molar-refractivity contribution < 1.29 is 19.0 Å². The van der Waals surface area contributed by atoms with Crippen LogP contribution in [0.25, 0.3) is 22.0 Å². The van der Waals surface area contributed by atoms with Gasteiger partial charge < -0.3 is 25.0 Å². The van der Waals surface area contributed by atoms with Gasteiger partial charge in [-0.3, -0.25) is 4.79 Å². The number of carbonyl (C=O) groups is 1. The van der Waals surface area contributed by atoms with Gasteiger partial charge in [0.1, 0.15) is 11.3 Å². The highest BCUT2D eigenvalue weighted by molar-refractivity contribution is 5.96. The molecule has 0 atom stereocenters. The number of methoxy groups -OCH3 is 1. The van der Waals surface area contributed by atoms with Gasteiger partial charge in [-0.25, -0.2) is 9.18 Å². The van der Waals surface area contributed by atoms with Gasteiger partial charge in [0.25, 0.3) is 0 Å². The van der Waals surface area contributed by atoms with Crippen LogP contribution < -0.4 is 20.8 Å². The van der Waals surface area contributed by atoms with Gasteiger partial charge in [-0.1, -0.05) is 54.6 Å². The minimum atomic E-state index is -1.37. The lowest BCUT2D eigenvalue weighted by atomic mass is 10.0. The number of halogens is 1. The second-order valence-corrected chi connectivity index (χ2v) is 8.41. The number of ether oxygens (including phenoxy) is 1. The van der Waals surface area contributed by atoms with Gasteiger partial charge in [-0.15, -0.1) is 0 Å². The first-order chi connectivity index (χ1) is 17.4. The van der Waals surface area contributed by atoms with E-state index in [0.29, 0.717) is 12.1 Å². The van der Waals surface area contributed by atoms with Crippen molar-refractivity contribution >= 4 is 22.6 Å². The SMILES string of the molecule is CNCCCNc1c(F)cc2c(=O)c(C(=O)O)cn(Cc3ccc(-c4ccccc4)cc3)c2c1OC. The first kappa shape index (κ1) is 24.9. The van der Waals surface area contributed by atoms with Crippen LogP contribution in [-0.2, 0) is 6.54 Å². The highest BCUT2D eigenvalue weighted by atomic mass is 19.1. The monoisotopic (exact) mass is 489 g/mol. The van der Waals surface area contributed by atoms with Crippen molar-refractivity contribution in [2.45, 2.75) is 13.0 Å². The summed E-state index contributed by atoms with van der Waals surface area (Å²) in [4.78, 5) is 24.8. The number of carboxylic acid groups (broad SMARTS) is 1. The van der Waals surface area contributed by atoms with Crippen molar-refractivity contribution in [2.75, 3.05) is 32.6 Å². The molecule has 0 saturated carbocycles. The Balaban J connectivity index is 1.82. The van der Waals surface area contributed by atoms with Crippen LogP contribution in [0.3, 0.4) is 0 Å². The van der Waals surface area contributed by atoms with Crippen LogP contribution in [-0.4, -0.2) is 42.9 Å². The lowest BCUT2D eigenvalue weighted by molar-refractivity contribution is 0.0695. The van der Waals surface area contributed by atoms with Gasteiger partial charge in [-0.05, 0) is 42.8 Å². The van der Waals surface area contributed by atoms with E-state index in [2.05, 4.69) is 10.6 Å². The van der Waals surface area contributed by atoms with Crippen LogP contribution >= 0.6 is 0 Å². The molecule has 8 heteroatoms. The largest absolute Gasteiger partial charge is 0.492 e. The molecule has 0 bridgehead atoms. The fourth-order valence-corrected chi connectivity index (χ4v) is 4.25. The van der Waals surface area contributed by atoms with Crippen molar-refractivity contribution in [1.29, 1.82) is 0 Å². The zero-order valence-corrected chi connectivity index (χ0v) is 20.2. The third kappa shape index (κ3) is 5.08. The topological polar surface area (TPSA) is 92.6 Å². The third-order valence-corrected chi connectivity index (χ3v) is 6.02. The highest BCUT2D eigenvalue weighted by Crippen LogP contribution is 2.36. The molecule has 3 N–H and O–H groups in total. The van der Waals surface area contributed by atoms with Gasteiger partial charge in [0.05, 0.1) is 18.0 Å². The summed E-state index contributed by atoms with van der Waals surface area (Å²) in [5.74, 6) is -1.89. The molecular formula is C28H28FN3O4. The molecule has 186 valence electrons. The number of carboxylic acids is 1. The number of hydrogen-bond acceptors (Lipinski definition) is 5. The van der Waals surface area contributed by atoms with Crippen LogP contribution in [0.1, 0.15) is 22.3 Å². The summed E-state index contributed by atoms with van der Waals surface area (Å²) in [5, 5.41) is 15.7. The molecule has 0 aliphatic heterocycles. The number of aromatic carboxylic acids is 1. The number of fused-ring (bicyclic) bond motifs is 1. The van der Waals surface area contributed by atoms with Crippen LogP contribution in [0.2, 0.25) is 0 Å². The quantitative estimate of drug-likeness (QED) is 0.282. The zero-order valence-electron chi connectivity index (χ0n) is 20.2. The molecule has 0 fully saturated rings. The Bertz CT molecular complexity index is 1430. The molecule has 0 radical (unpaired) electrons. The number of aromatic nitrogens is 1. The van der Waals surface area contributed by atoms with Crippen LogP contribution in [0, 0.1) is 5.82 Å². The normalized spacial score (nSPS) is 11.0. The third-order valence-electron chi connectivity index (χ3n) is 6.02. The fraction of sp³-hybridized carbons (Fsp3) is 0.214. The first-order valence-corrected chi connectivity index (χ1v) is 11.6. The van der Waals surface area contributed by atoms with Gasteiger partial charge in [0, 0.05) is 19.3 Å². The Hall–Kier alpha value is -4.17. The van der Waals surface area contributed by atoms with Crippen LogP contribution in [0.5, 0.6) is 5.75 Å². The van der Waals surface area contributed by atoms with E-state index in [4.69, 9.17) is 4.74 Å². The van der Waals surface area contributed by atoms with E-state index in [0.717, 1.165) is 35.7 Å². The Morgan fingerprint density at radius 2 is 1.75 bits per heavy atom. The molecule has 0 aliphatic rings. The summed E-state index contributed by atoms with van der Waals surface area (Å²) in [7, 11) is 3.24. The van der Waals surface area contributed by atoms with E-state index < -0.39 is 22.8 Å². The zero-order chi connectivity index (χ0) is 25.7. The molecule has 36 heavy (non-hydrogen) atoms. The van der Waals surface area contributed by atoms with Gasteiger partial charge >= 0.3 is 5.97 Å². The number of rotatable bonds is 10. The van der Waals surface area contributed by atoms with E-state index >= 15 is 4.39 Å². The van der Waals surface area contributed by atoms with Gasteiger partial charge in [-0.2, -0.15) is 0 Å². The number of pyridine rings is 1. The summed E-state index contributed by atoms with van der Waals surface area (Å²) in [6, 6.07) is 18.9. The molecule has 4 rings (SSSR count). The predicted molar refractivity (Wildman–Crippen MR) is 140 cm³/mol. The van der Waals surface area contributed by atoms with Crippen LogP contribution in [0.4, 0.5) is 10.1 Å². The van der Waals surface area contributed by atoms with E-state index in [1.54, 1.807) is 4.57 Å². The lowest BCUT2D eigenvalue weighted by Crippen LogP contribution is -2.21. The van der Waals surface area contributed by atoms with Gasteiger partial charge in [0.2, 0.25) is 5.43 Å². The smallest absolute Gasteiger partial charge is 0.341 e. The Labute approximate surface area is 208 Å². The van der Waals surface area contributed by atoms with Crippen LogP contribution in [0.15, 0.2) is 71.7 Å². The van der Waals surface area contributed by atoms with E-state index in [-0.39, 0.29) is 23.4 Å². The first-order valence-electron chi connectivity index (χ1n) is 11.6. The van der Waals surface area contributed by atoms with E-state index in [1.807, 2.05) is 61.6 Å². The second-order valence-electron chi connectivity index (χ2n) is 8.41. The van der Waals surface area contributed by atoms with Crippen molar-refractivity contribution in [3.63, 3.8) is 0 Å². The summed E-state index contributed by atoms with van der Waals surface area (Å²) < 4.78 is 22.3. The Morgan fingerprint density at radius 3 is 2.39 bits per heavy atom. The molecule has 0 spiro atoms.